The molecule has 0 aliphatic rings. The molecular weight excluding hydrogens is 316 g/mol. The highest BCUT2D eigenvalue weighted by atomic mass is 35.5. The van der Waals surface area contributed by atoms with E-state index in [2.05, 4.69) is 4.72 Å². The van der Waals surface area contributed by atoms with Gasteiger partial charge in [0.15, 0.2) is 0 Å². The quantitative estimate of drug-likeness (QED) is 0.877. The topological polar surface area (TPSA) is 107 Å². The van der Waals surface area contributed by atoms with Crippen LogP contribution in [0.25, 0.3) is 0 Å². The van der Waals surface area contributed by atoms with Gasteiger partial charge in [0.05, 0.1) is 15.5 Å². The van der Waals surface area contributed by atoms with Gasteiger partial charge in [-0.2, -0.15) is 9.98 Å². The highest BCUT2D eigenvalue weighted by Crippen LogP contribution is 2.24. The summed E-state index contributed by atoms with van der Waals surface area (Å²) < 4.78 is 26.6. The SMILES string of the molecule is CC(C)(C)[C@@H](NS(=O)(=O)c1ccc(C#N)c(Cl)c1)C(=O)O. The number of nitrogens with one attached hydrogen (secondary N) is 1. The van der Waals surface area contributed by atoms with E-state index in [4.69, 9.17) is 22.0 Å². The number of halogens is 1. The fourth-order valence-electron chi connectivity index (χ4n) is 1.57. The number of carbonyl (C=O) groups is 1. The minimum absolute atomic E-state index is 0.0111. The number of nitrogens with zero attached hydrogens (tertiary/aromatic N) is 1. The zero-order valence-corrected chi connectivity index (χ0v) is 13.3. The molecule has 0 spiro atoms. The fourth-order valence-corrected chi connectivity index (χ4v) is 3.28. The Balaban J connectivity index is 3.21. The summed E-state index contributed by atoms with van der Waals surface area (Å²) >= 11 is 5.79. The summed E-state index contributed by atoms with van der Waals surface area (Å²) in [6, 6.07) is 4.11. The molecule has 1 atom stereocenters. The van der Waals surface area contributed by atoms with Crippen molar-refractivity contribution in [3.05, 3.63) is 28.8 Å². The molecule has 1 aromatic carbocycles. The standard InChI is InChI=1S/C13H15ClN2O4S/c1-13(2,3)11(12(17)18)16-21(19,20)9-5-4-8(7-15)10(14)6-9/h4-6,11,16H,1-3H3,(H,17,18)/t11-/m0/s1. The summed E-state index contributed by atoms with van der Waals surface area (Å²) in [5, 5.41) is 17.9. The lowest BCUT2D eigenvalue weighted by Crippen LogP contribution is -2.48. The molecule has 0 fully saturated rings. The molecule has 0 amide bonds. The zero-order chi connectivity index (χ0) is 16.4. The van der Waals surface area contributed by atoms with Crippen molar-refractivity contribution in [1.82, 2.24) is 4.72 Å². The molecule has 0 unspecified atom stereocenters. The second kappa shape index (κ2) is 6.02. The summed E-state index contributed by atoms with van der Waals surface area (Å²) in [6.07, 6.45) is 0. The summed E-state index contributed by atoms with van der Waals surface area (Å²) in [7, 11) is -4.06. The molecule has 0 saturated carbocycles. The molecule has 1 rings (SSSR count). The van der Waals surface area contributed by atoms with Gasteiger partial charge in [0.2, 0.25) is 10.0 Å². The predicted octanol–water partition coefficient (Wildman–Crippen LogP) is 1.99. The van der Waals surface area contributed by atoms with E-state index in [-0.39, 0.29) is 15.5 Å². The predicted molar refractivity (Wildman–Crippen MR) is 77.4 cm³/mol. The number of carboxylic acid groups (broad SMARTS) is 1. The third-order valence-electron chi connectivity index (χ3n) is 2.76. The lowest BCUT2D eigenvalue weighted by atomic mass is 9.88. The zero-order valence-electron chi connectivity index (χ0n) is 11.7. The molecule has 0 radical (unpaired) electrons. The van der Waals surface area contributed by atoms with Crippen molar-refractivity contribution >= 4 is 27.6 Å². The second-order valence-corrected chi connectivity index (χ2v) is 7.63. The van der Waals surface area contributed by atoms with Crippen molar-refractivity contribution in [2.24, 2.45) is 5.41 Å². The highest BCUT2D eigenvalue weighted by molar-refractivity contribution is 7.89. The molecule has 0 aliphatic carbocycles. The Morgan fingerprint density at radius 3 is 2.38 bits per heavy atom. The molecule has 114 valence electrons. The first-order chi connectivity index (χ1) is 9.49. The molecule has 0 aliphatic heterocycles. The lowest BCUT2D eigenvalue weighted by Gasteiger charge is -2.27. The van der Waals surface area contributed by atoms with E-state index >= 15 is 0 Å². The molecule has 1 aromatic rings. The lowest BCUT2D eigenvalue weighted by molar-refractivity contribution is -0.141. The van der Waals surface area contributed by atoms with Gasteiger partial charge in [-0.15, -0.1) is 0 Å². The average Bonchev–Trinajstić information content (AvgIpc) is 2.34. The summed E-state index contributed by atoms with van der Waals surface area (Å²) in [4.78, 5) is 11.0. The third-order valence-corrected chi connectivity index (χ3v) is 4.49. The Kier molecular flexibility index (Phi) is 4.99. The van der Waals surface area contributed by atoms with E-state index in [9.17, 15) is 13.2 Å². The van der Waals surface area contributed by atoms with E-state index in [0.717, 1.165) is 6.07 Å². The van der Waals surface area contributed by atoms with Crippen LogP contribution in [0.2, 0.25) is 5.02 Å². The smallest absolute Gasteiger partial charge is 0.322 e. The third kappa shape index (κ3) is 4.17. The Labute approximate surface area is 128 Å². The second-order valence-electron chi connectivity index (χ2n) is 5.51. The number of hydrogen-bond donors (Lipinski definition) is 2. The summed E-state index contributed by atoms with van der Waals surface area (Å²) in [6.45, 7) is 4.83. The Bertz CT molecular complexity index is 702. The van der Waals surface area contributed by atoms with Crippen LogP contribution in [0, 0.1) is 16.7 Å². The van der Waals surface area contributed by atoms with Crippen LogP contribution < -0.4 is 4.72 Å². The van der Waals surface area contributed by atoms with Gasteiger partial charge in [0, 0.05) is 0 Å². The Morgan fingerprint density at radius 1 is 1.43 bits per heavy atom. The minimum atomic E-state index is -4.06. The molecule has 0 aromatic heterocycles. The van der Waals surface area contributed by atoms with Crippen LogP contribution in [0.4, 0.5) is 0 Å². The monoisotopic (exact) mass is 330 g/mol. The van der Waals surface area contributed by atoms with Gasteiger partial charge in [-0.25, -0.2) is 8.42 Å². The van der Waals surface area contributed by atoms with Crippen LogP contribution in [-0.4, -0.2) is 25.5 Å². The van der Waals surface area contributed by atoms with Crippen LogP contribution >= 0.6 is 11.6 Å². The van der Waals surface area contributed by atoms with Crippen LogP contribution in [0.15, 0.2) is 23.1 Å². The van der Waals surface area contributed by atoms with Gasteiger partial charge in [-0.05, 0) is 23.6 Å². The number of sulfonamides is 1. The van der Waals surface area contributed by atoms with E-state index < -0.39 is 27.4 Å². The maximum Gasteiger partial charge on any atom is 0.322 e. The maximum atomic E-state index is 12.2. The number of hydrogen-bond acceptors (Lipinski definition) is 4. The molecule has 21 heavy (non-hydrogen) atoms. The first kappa shape index (κ1) is 17.4. The van der Waals surface area contributed by atoms with Crippen molar-refractivity contribution in [2.75, 3.05) is 0 Å². The van der Waals surface area contributed by atoms with E-state index in [1.807, 2.05) is 6.07 Å². The Morgan fingerprint density at radius 2 is 2.00 bits per heavy atom. The van der Waals surface area contributed by atoms with Gasteiger partial charge < -0.3 is 5.11 Å². The van der Waals surface area contributed by atoms with E-state index in [0.29, 0.717) is 0 Å². The molecule has 8 heteroatoms. The molecule has 0 bridgehead atoms. The van der Waals surface area contributed by atoms with Crippen LogP contribution in [0.1, 0.15) is 26.3 Å². The van der Waals surface area contributed by atoms with Gasteiger partial charge in [-0.3, -0.25) is 4.79 Å². The molecule has 6 nitrogen and oxygen atoms in total. The number of rotatable bonds is 4. The molecular formula is C13H15ClN2O4S. The Hall–Kier alpha value is -1.62. The number of carboxylic acids is 1. The number of aliphatic carboxylic acids is 1. The summed E-state index contributed by atoms with van der Waals surface area (Å²) in [5.41, 5.74) is -0.670. The first-order valence-corrected chi connectivity index (χ1v) is 7.80. The van der Waals surface area contributed by atoms with Crippen molar-refractivity contribution in [3.8, 4) is 6.07 Å². The number of benzene rings is 1. The molecule has 0 saturated heterocycles. The van der Waals surface area contributed by atoms with E-state index in [1.165, 1.54) is 12.1 Å². The van der Waals surface area contributed by atoms with Gasteiger partial charge in [-0.1, -0.05) is 32.4 Å². The van der Waals surface area contributed by atoms with Crippen molar-refractivity contribution < 1.29 is 18.3 Å². The van der Waals surface area contributed by atoms with Crippen LogP contribution in [0.5, 0.6) is 0 Å². The fraction of sp³-hybridized carbons (Fsp3) is 0.385. The van der Waals surface area contributed by atoms with Gasteiger partial charge >= 0.3 is 5.97 Å². The van der Waals surface area contributed by atoms with Gasteiger partial charge in [0.25, 0.3) is 0 Å². The van der Waals surface area contributed by atoms with Crippen molar-refractivity contribution in [3.63, 3.8) is 0 Å². The first-order valence-electron chi connectivity index (χ1n) is 5.94. The average molecular weight is 331 g/mol. The molecule has 0 heterocycles. The maximum absolute atomic E-state index is 12.2. The van der Waals surface area contributed by atoms with Crippen molar-refractivity contribution in [2.45, 2.75) is 31.7 Å². The van der Waals surface area contributed by atoms with Gasteiger partial charge in [0.1, 0.15) is 12.1 Å². The molecule has 2 N–H and O–H groups in total. The normalized spacial score (nSPS) is 13.5. The van der Waals surface area contributed by atoms with Crippen LogP contribution in [-0.2, 0) is 14.8 Å². The minimum Gasteiger partial charge on any atom is -0.480 e. The van der Waals surface area contributed by atoms with E-state index in [1.54, 1.807) is 20.8 Å². The number of nitriles is 1. The van der Waals surface area contributed by atoms with Crippen LogP contribution in [0.3, 0.4) is 0 Å². The largest absolute Gasteiger partial charge is 0.480 e. The van der Waals surface area contributed by atoms with Crippen molar-refractivity contribution in [1.29, 1.82) is 5.26 Å². The summed E-state index contributed by atoms with van der Waals surface area (Å²) in [5.74, 6) is -1.27. The highest BCUT2D eigenvalue weighted by Gasteiger charge is 2.35.